The number of aliphatic hydroxyl groups is 1. The summed E-state index contributed by atoms with van der Waals surface area (Å²) >= 11 is 0. The van der Waals surface area contributed by atoms with Crippen LogP contribution >= 0.6 is 0 Å². The van der Waals surface area contributed by atoms with Crippen molar-refractivity contribution in [2.45, 2.75) is 50.7 Å². The molecule has 2 rings (SSSR count). The average molecular weight is 241 g/mol. The van der Waals surface area contributed by atoms with Crippen LogP contribution in [0.4, 0.5) is 0 Å². The van der Waals surface area contributed by atoms with Gasteiger partial charge in [0.1, 0.15) is 0 Å². The quantitative estimate of drug-likeness (QED) is 0.742. The predicted molar refractivity (Wildman–Crippen MR) is 60.3 cm³/mol. The number of piperidine rings is 1. The highest BCUT2D eigenvalue weighted by Crippen LogP contribution is 2.28. The van der Waals surface area contributed by atoms with Crippen molar-refractivity contribution >= 4 is 11.9 Å². The Hall–Kier alpha value is -1.10. The Morgan fingerprint density at radius 2 is 1.82 bits per heavy atom. The van der Waals surface area contributed by atoms with E-state index in [9.17, 15) is 14.7 Å². The number of amides is 1. The smallest absolute Gasteiger partial charge is 0.308 e. The van der Waals surface area contributed by atoms with Gasteiger partial charge in [-0.25, -0.2) is 0 Å². The van der Waals surface area contributed by atoms with E-state index in [1.54, 1.807) is 4.90 Å². The maximum atomic E-state index is 11.8. The summed E-state index contributed by atoms with van der Waals surface area (Å²) in [5, 5.41) is 18.4. The molecule has 1 aliphatic heterocycles. The molecule has 2 fully saturated rings. The molecule has 17 heavy (non-hydrogen) atoms. The number of hydrogen-bond acceptors (Lipinski definition) is 3. The third-order valence-corrected chi connectivity index (χ3v) is 3.90. The van der Waals surface area contributed by atoms with Crippen LogP contribution in [0.2, 0.25) is 0 Å². The molecule has 0 aromatic rings. The lowest BCUT2D eigenvalue weighted by molar-refractivity contribution is -0.149. The minimum Gasteiger partial charge on any atom is -0.481 e. The summed E-state index contributed by atoms with van der Waals surface area (Å²) in [6.07, 6.45) is 3.56. The van der Waals surface area contributed by atoms with Crippen molar-refractivity contribution in [1.29, 1.82) is 0 Å². The van der Waals surface area contributed by atoms with Crippen molar-refractivity contribution in [3.8, 4) is 0 Å². The number of likely N-dealkylation sites (tertiary alicyclic amines) is 1. The first kappa shape index (κ1) is 12.4. The summed E-state index contributed by atoms with van der Waals surface area (Å²) < 4.78 is 0. The van der Waals surface area contributed by atoms with Gasteiger partial charge in [0.05, 0.1) is 12.0 Å². The lowest BCUT2D eigenvalue weighted by Crippen LogP contribution is -2.49. The van der Waals surface area contributed by atoms with Gasteiger partial charge >= 0.3 is 5.97 Å². The number of hydrogen-bond donors (Lipinski definition) is 2. The lowest BCUT2D eigenvalue weighted by Gasteiger charge is -2.39. The van der Waals surface area contributed by atoms with Gasteiger partial charge in [-0.2, -0.15) is 0 Å². The highest BCUT2D eigenvalue weighted by atomic mass is 16.4. The normalized spacial score (nSPS) is 34.8. The molecule has 1 heterocycles. The molecule has 2 N–H and O–H groups in total. The summed E-state index contributed by atoms with van der Waals surface area (Å²) in [5.41, 5.74) is 0. The Morgan fingerprint density at radius 3 is 2.41 bits per heavy atom. The monoisotopic (exact) mass is 241 g/mol. The molecule has 1 saturated carbocycles. The van der Waals surface area contributed by atoms with Crippen LogP contribution in [0.5, 0.6) is 0 Å². The van der Waals surface area contributed by atoms with Gasteiger partial charge in [-0.05, 0) is 32.1 Å². The van der Waals surface area contributed by atoms with Crippen LogP contribution in [-0.4, -0.2) is 45.7 Å². The van der Waals surface area contributed by atoms with Crippen LogP contribution in [-0.2, 0) is 9.59 Å². The number of carboxylic acid groups (broad SMARTS) is 1. The van der Waals surface area contributed by atoms with Crippen LogP contribution in [0.25, 0.3) is 0 Å². The minimum atomic E-state index is -0.807. The molecule has 1 unspecified atom stereocenters. The molecule has 1 saturated heterocycles. The Kier molecular flexibility index (Phi) is 3.66. The maximum Gasteiger partial charge on any atom is 0.308 e. The molecule has 0 bridgehead atoms. The first-order chi connectivity index (χ1) is 8.08. The zero-order valence-corrected chi connectivity index (χ0v) is 9.84. The van der Waals surface area contributed by atoms with E-state index in [0.717, 1.165) is 12.8 Å². The molecule has 1 amide bonds. The predicted octanol–water partition coefficient (Wildman–Crippen LogP) is 0.613. The van der Waals surface area contributed by atoms with Gasteiger partial charge in [0.15, 0.2) is 0 Å². The third-order valence-electron chi connectivity index (χ3n) is 3.90. The highest BCUT2D eigenvalue weighted by molar-refractivity contribution is 5.80. The van der Waals surface area contributed by atoms with E-state index in [4.69, 9.17) is 5.11 Å². The van der Waals surface area contributed by atoms with Gasteiger partial charge in [0.2, 0.25) is 5.91 Å². The molecule has 5 nitrogen and oxygen atoms in total. The van der Waals surface area contributed by atoms with Crippen molar-refractivity contribution in [1.82, 2.24) is 4.90 Å². The molecule has 5 heteroatoms. The molecular formula is C12H19NO4. The fourth-order valence-corrected chi connectivity index (χ4v) is 2.80. The molecule has 0 spiro atoms. The molecule has 0 aromatic heterocycles. The Labute approximate surface area is 100 Å². The van der Waals surface area contributed by atoms with E-state index < -0.39 is 11.9 Å². The van der Waals surface area contributed by atoms with Crippen molar-refractivity contribution in [3.63, 3.8) is 0 Å². The number of nitrogens with zero attached hydrogens (tertiary/aromatic N) is 1. The molecular weight excluding hydrogens is 222 g/mol. The fraction of sp³-hybridized carbons (Fsp3) is 0.833. The molecule has 1 atom stereocenters. The van der Waals surface area contributed by atoms with Gasteiger partial charge in [-0.1, -0.05) is 0 Å². The van der Waals surface area contributed by atoms with Crippen LogP contribution in [0.15, 0.2) is 0 Å². The zero-order valence-electron chi connectivity index (χ0n) is 9.84. The molecule has 2 aliphatic rings. The third kappa shape index (κ3) is 2.77. The van der Waals surface area contributed by atoms with Gasteiger partial charge in [0.25, 0.3) is 0 Å². The van der Waals surface area contributed by atoms with Gasteiger partial charge in [-0.15, -0.1) is 0 Å². The van der Waals surface area contributed by atoms with Gasteiger partial charge in [-0.3, -0.25) is 9.59 Å². The Morgan fingerprint density at radius 1 is 1.18 bits per heavy atom. The van der Waals surface area contributed by atoms with Crippen LogP contribution in [0.1, 0.15) is 38.5 Å². The minimum absolute atomic E-state index is 0.0730. The highest BCUT2D eigenvalue weighted by Gasteiger charge is 2.35. The number of carboxylic acids is 1. The van der Waals surface area contributed by atoms with Crippen molar-refractivity contribution in [2.75, 3.05) is 6.54 Å². The maximum absolute atomic E-state index is 11.8. The Balaban J connectivity index is 1.98. The second kappa shape index (κ2) is 5.04. The molecule has 0 radical (unpaired) electrons. The van der Waals surface area contributed by atoms with E-state index in [0.29, 0.717) is 32.2 Å². The number of aliphatic hydroxyl groups excluding tert-OH is 1. The van der Waals surface area contributed by atoms with E-state index in [-0.39, 0.29) is 18.1 Å². The first-order valence-electron chi connectivity index (χ1n) is 6.28. The molecule has 1 aliphatic carbocycles. The summed E-state index contributed by atoms with van der Waals surface area (Å²) in [4.78, 5) is 24.5. The SMILES string of the molecule is O=C(O)C1CCC(=O)N(C2CCC(O)CC2)C1. The number of carbonyl (C=O) groups is 2. The standard InChI is InChI=1S/C12H19NO4/c14-10-4-2-9(3-5-10)13-7-8(12(16)17)1-6-11(13)15/h8-10,14H,1-7H2,(H,16,17). The van der Waals surface area contributed by atoms with Crippen LogP contribution in [0.3, 0.4) is 0 Å². The number of aliphatic carboxylic acids is 1. The first-order valence-corrected chi connectivity index (χ1v) is 6.28. The molecule has 0 aromatic carbocycles. The zero-order chi connectivity index (χ0) is 12.4. The summed E-state index contributed by atoms with van der Waals surface area (Å²) in [5.74, 6) is -1.15. The summed E-state index contributed by atoms with van der Waals surface area (Å²) in [7, 11) is 0. The second-order valence-electron chi connectivity index (χ2n) is 5.08. The van der Waals surface area contributed by atoms with Gasteiger partial charge < -0.3 is 15.1 Å². The van der Waals surface area contributed by atoms with E-state index in [1.807, 2.05) is 0 Å². The van der Waals surface area contributed by atoms with Crippen molar-refractivity contribution in [2.24, 2.45) is 5.92 Å². The van der Waals surface area contributed by atoms with Crippen molar-refractivity contribution in [3.05, 3.63) is 0 Å². The summed E-state index contributed by atoms with van der Waals surface area (Å²) in [6, 6.07) is 0.132. The largest absolute Gasteiger partial charge is 0.481 e. The number of carbonyl (C=O) groups excluding carboxylic acids is 1. The average Bonchev–Trinajstić information content (AvgIpc) is 2.31. The fourth-order valence-electron chi connectivity index (χ4n) is 2.80. The van der Waals surface area contributed by atoms with Gasteiger partial charge in [0, 0.05) is 19.0 Å². The van der Waals surface area contributed by atoms with E-state index in [1.165, 1.54) is 0 Å². The molecule has 96 valence electrons. The lowest BCUT2D eigenvalue weighted by atomic mass is 9.88. The Bertz CT molecular complexity index is 310. The van der Waals surface area contributed by atoms with E-state index in [2.05, 4.69) is 0 Å². The summed E-state index contributed by atoms with van der Waals surface area (Å²) in [6.45, 7) is 0.342. The number of rotatable bonds is 2. The van der Waals surface area contributed by atoms with Crippen LogP contribution in [0, 0.1) is 5.92 Å². The second-order valence-corrected chi connectivity index (χ2v) is 5.08. The van der Waals surface area contributed by atoms with Crippen molar-refractivity contribution < 1.29 is 19.8 Å². The topological polar surface area (TPSA) is 77.8 Å². The van der Waals surface area contributed by atoms with Crippen LogP contribution < -0.4 is 0 Å². The van der Waals surface area contributed by atoms with E-state index >= 15 is 0 Å².